The zero-order chi connectivity index (χ0) is 13.5. The van der Waals surface area contributed by atoms with Crippen LogP contribution in [0.3, 0.4) is 0 Å². The Morgan fingerprint density at radius 1 is 1.25 bits per heavy atom. The molecule has 2 aromatic rings. The van der Waals surface area contributed by atoms with E-state index in [0.29, 0.717) is 23.8 Å². The molecule has 20 heavy (non-hydrogen) atoms. The Kier molecular flexibility index (Phi) is 2.73. The zero-order valence-corrected chi connectivity index (χ0v) is 11.5. The fourth-order valence-corrected chi connectivity index (χ4v) is 3.15. The van der Waals surface area contributed by atoms with Gasteiger partial charge in [-0.1, -0.05) is 35.0 Å². The fourth-order valence-electron chi connectivity index (χ4n) is 3.15. The Hall–Kier alpha value is -1.88. The second-order valence-corrected chi connectivity index (χ2v) is 5.88. The lowest BCUT2D eigenvalue weighted by Gasteiger charge is -2.29. The topological polar surface area (TPSA) is 54.2 Å². The quantitative estimate of drug-likeness (QED) is 0.902. The largest absolute Gasteiger partial charge is 0.324 e. The van der Waals surface area contributed by atoms with Gasteiger partial charge in [0.1, 0.15) is 0 Å². The van der Waals surface area contributed by atoms with Gasteiger partial charge in [0.2, 0.25) is 5.82 Å². The summed E-state index contributed by atoms with van der Waals surface area (Å²) in [6, 6.07) is 9.42. The van der Waals surface area contributed by atoms with Gasteiger partial charge in [0, 0.05) is 31.2 Å². The Bertz CT molecular complexity index is 595. The molecule has 3 heterocycles. The van der Waals surface area contributed by atoms with E-state index in [-0.39, 0.29) is 0 Å². The summed E-state index contributed by atoms with van der Waals surface area (Å²) in [6.45, 7) is 5.16. The summed E-state index contributed by atoms with van der Waals surface area (Å²) in [7, 11) is 0. The molecular weight excluding hydrogens is 252 g/mol. The molecule has 104 valence electrons. The summed E-state index contributed by atoms with van der Waals surface area (Å²) in [4.78, 5) is 6.76. The predicted octanol–water partition coefficient (Wildman–Crippen LogP) is 1.84. The number of rotatable bonds is 2. The Labute approximate surface area is 118 Å². The van der Waals surface area contributed by atoms with Gasteiger partial charge in [0.05, 0.1) is 0 Å². The molecule has 0 saturated carbocycles. The molecule has 2 atom stereocenters. The summed E-state index contributed by atoms with van der Waals surface area (Å²) in [6.07, 6.45) is 1.27. The highest BCUT2D eigenvalue weighted by Crippen LogP contribution is 2.27. The molecule has 2 saturated heterocycles. The second kappa shape index (κ2) is 4.59. The van der Waals surface area contributed by atoms with Crippen LogP contribution in [0.4, 0.5) is 6.01 Å². The first-order valence-corrected chi connectivity index (χ1v) is 7.17. The number of hydrogen-bond donors (Lipinski definition) is 1. The predicted molar refractivity (Wildman–Crippen MR) is 76.6 cm³/mol. The molecular formula is C15H18N4O. The molecule has 4 rings (SSSR count). The molecule has 0 amide bonds. The van der Waals surface area contributed by atoms with Gasteiger partial charge in [-0.15, -0.1) is 0 Å². The van der Waals surface area contributed by atoms with Gasteiger partial charge in [0.15, 0.2) is 0 Å². The van der Waals surface area contributed by atoms with Crippen molar-refractivity contribution in [1.82, 2.24) is 15.5 Å². The van der Waals surface area contributed by atoms with Gasteiger partial charge in [-0.05, 0) is 19.3 Å². The highest BCUT2D eigenvalue weighted by Gasteiger charge is 2.34. The second-order valence-electron chi connectivity index (χ2n) is 5.88. The number of nitrogens with zero attached hydrogens (tertiary/aromatic N) is 3. The molecule has 1 N–H and O–H groups in total. The Balaban J connectivity index is 1.57. The van der Waals surface area contributed by atoms with Gasteiger partial charge in [-0.3, -0.25) is 0 Å². The monoisotopic (exact) mass is 270 g/mol. The first-order chi connectivity index (χ1) is 9.78. The van der Waals surface area contributed by atoms with Crippen LogP contribution in [0.5, 0.6) is 0 Å². The summed E-state index contributed by atoms with van der Waals surface area (Å²) in [5, 5.41) is 7.65. The molecule has 0 spiro atoms. The van der Waals surface area contributed by atoms with E-state index < -0.39 is 0 Å². The summed E-state index contributed by atoms with van der Waals surface area (Å²) in [5.41, 5.74) is 2.24. The molecule has 2 aliphatic rings. The lowest BCUT2D eigenvalue weighted by atomic mass is 10.0. The molecule has 2 aliphatic heterocycles. The first kappa shape index (κ1) is 11.9. The number of hydrogen-bond acceptors (Lipinski definition) is 5. The third-order valence-electron chi connectivity index (χ3n) is 4.23. The minimum atomic E-state index is 0.573. The SMILES string of the molecule is Cc1ccc(-c2noc(N3CC4CNC(C4)C3)n2)cc1. The lowest BCUT2D eigenvalue weighted by molar-refractivity contribution is 0.385. The van der Waals surface area contributed by atoms with E-state index in [1.165, 1.54) is 12.0 Å². The van der Waals surface area contributed by atoms with Gasteiger partial charge in [-0.2, -0.15) is 4.98 Å². The fraction of sp³-hybridized carbons (Fsp3) is 0.467. The minimum Gasteiger partial charge on any atom is -0.323 e. The van der Waals surface area contributed by atoms with Crippen LogP contribution in [0.2, 0.25) is 0 Å². The van der Waals surface area contributed by atoms with Crippen molar-refractivity contribution in [2.75, 3.05) is 24.5 Å². The molecule has 0 radical (unpaired) electrons. The van der Waals surface area contributed by atoms with Gasteiger partial charge < -0.3 is 14.7 Å². The Morgan fingerprint density at radius 2 is 2.10 bits per heavy atom. The van der Waals surface area contributed by atoms with E-state index >= 15 is 0 Å². The zero-order valence-electron chi connectivity index (χ0n) is 11.5. The van der Waals surface area contributed by atoms with Crippen LogP contribution in [0.1, 0.15) is 12.0 Å². The standard InChI is InChI=1S/C15H18N4O/c1-10-2-4-12(5-3-10)14-17-15(20-18-14)19-8-11-6-13(9-19)16-7-11/h2-5,11,13,16H,6-9H2,1H3. The van der Waals surface area contributed by atoms with E-state index in [1.54, 1.807) is 0 Å². The maximum absolute atomic E-state index is 5.45. The van der Waals surface area contributed by atoms with Crippen molar-refractivity contribution in [2.45, 2.75) is 19.4 Å². The lowest BCUT2D eigenvalue weighted by Crippen LogP contribution is -2.41. The van der Waals surface area contributed by atoms with E-state index in [4.69, 9.17) is 4.52 Å². The smallest absolute Gasteiger partial charge is 0.323 e. The van der Waals surface area contributed by atoms with Crippen molar-refractivity contribution in [1.29, 1.82) is 0 Å². The third-order valence-corrected chi connectivity index (χ3v) is 4.23. The molecule has 1 aromatic carbocycles. The average molecular weight is 270 g/mol. The van der Waals surface area contributed by atoms with E-state index in [9.17, 15) is 0 Å². The van der Waals surface area contributed by atoms with Gasteiger partial charge in [-0.25, -0.2) is 0 Å². The van der Waals surface area contributed by atoms with Crippen molar-refractivity contribution in [2.24, 2.45) is 5.92 Å². The maximum atomic E-state index is 5.45. The van der Waals surface area contributed by atoms with Crippen molar-refractivity contribution in [3.8, 4) is 11.4 Å². The summed E-state index contributed by atoms with van der Waals surface area (Å²) >= 11 is 0. The van der Waals surface area contributed by atoms with E-state index in [2.05, 4.69) is 39.4 Å². The third kappa shape index (κ3) is 2.08. The number of benzene rings is 1. The molecule has 0 aliphatic carbocycles. The molecule has 2 fully saturated rings. The maximum Gasteiger partial charge on any atom is 0.324 e. The molecule has 5 nitrogen and oxygen atoms in total. The number of nitrogens with one attached hydrogen (secondary N) is 1. The number of aromatic nitrogens is 2. The number of anilines is 1. The van der Waals surface area contributed by atoms with Crippen molar-refractivity contribution >= 4 is 6.01 Å². The average Bonchev–Trinajstić information content (AvgIpc) is 3.07. The molecule has 1 aromatic heterocycles. The van der Waals surface area contributed by atoms with Crippen LogP contribution >= 0.6 is 0 Å². The summed E-state index contributed by atoms with van der Waals surface area (Å²) < 4.78 is 5.45. The summed E-state index contributed by atoms with van der Waals surface area (Å²) in [5.74, 6) is 1.38. The van der Waals surface area contributed by atoms with Crippen LogP contribution < -0.4 is 10.2 Å². The number of fused-ring (bicyclic) bond motifs is 2. The minimum absolute atomic E-state index is 0.573. The highest BCUT2D eigenvalue weighted by molar-refractivity contribution is 5.56. The normalized spacial score (nSPS) is 25.1. The van der Waals surface area contributed by atoms with Crippen LogP contribution in [0, 0.1) is 12.8 Å². The highest BCUT2D eigenvalue weighted by atomic mass is 16.5. The molecule has 2 bridgehead atoms. The van der Waals surface area contributed by atoms with Crippen molar-refractivity contribution in [3.63, 3.8) is 0 Å². The van der Waals surface area contributed by atoms with Gasteiger partial charge in [0.25, 0.3) is 0 Å². The number of aryl methyl sites for hydroxylation is 1. The van der Waals surface area contributed by atoms with Crippen LogP contribution in [-0.4, -0.2) is 35.8 Å². The Morgan fingerprint density at radius 3 is 2.90 bits per heavy atom. The molecule has 2 unspecified atom stereocenters. The first-order valence-electron chi connectivity index (χ1n) is 7.17. The van der Waals surface area contributed by atoms with Crippen LogP contribution in [-0.2, 0) is 0 Å². The number of piperidine rings is 1. The van der Waals surface area contributed by atoms with E-state index in [1.807, 2.05) is 12.1 Å². The molecule has 5 heteroatoms. The van der Waals surface area contributed by atoms with Crippen LogP contribution in [0.25, 0.3) is 11.4 Å². The van der Waals surface area contributed by atoms with Gasteiger partial charge >= 0.3 is 6.01 Å². The van der Waals surface area contributed by atoms with Crippen molar-refractivity contribution in [3.05, 3.63) is 29.8 Å². The van der Waals surface area contributed by atoms with E-state index in [0.717, 1.165) is 25.2 Å². The van der Waals surface area contributed by atoms with Crippen LogP contribution in [0.15, 0.2) is 28.8 Å². The van der Waals surface area contributed by atoms with Crippen molar-refractivity contribution < 1.29 is 4.52 Å².